The molecule has 2 atom stereocenters. The third-order valence-corrected chi connectivity index (χ3v) is 3.93. The van der Waals surface area contributed by atoms with E-state index in [2.05, 4.69) is 17.2 Å². The Bertz CT molecular complexity index is 397. The van der Waals surface area contributed by atoms with Crippen LogP contribution in [0.2, 0.25) is 4.34 Å². The zero-order valence-corrected chi connectivity index (χ0v) is 11.2. The van der Waals surface area contributed by atoms with Gasteiger partial charge < -0.3 is 10.1 Å². The van der Waals surface area contributed by atoms with Crippen LogP contribution < -0.4 is 5.32 Å². The smallest absolute Gasteiger partial charge is 0.229 e. The number of nitrogens with one attached hydrogen (secondary N) is 1. The van der Waals surface area contributed by atoms with Crippen molar-refractivity contribution < 1.29 is 9.53 Å². The molecule has 1 saturated heterocycles. The van der Waals surface area contributed by atoms with Gasteiger partial charge in [0.25, 0.3) is 0 Å². The second-order valence-electron chi connectivity index (χ2n) is 4.08. The fourth-order valence-corrected chi connectivity index (χ4v) is 2.74. The Morgan fingerprint density at radius 1 is 1.76 bits per heavy atom. The normalized spacial score (nSPS) is 24.6. The molecule has 1 aliphatic heterocycles. The molecule has 0 aliphatic carbocycles. The third-order valence-electron chi connectivity index (χ3n) is 2.90. The monoisotopic (exact) mass is 274 g/mol. The SMILES string of the molecule is CC[C@H]1C[C@H](C(=O)Nc2ncc(Cl)s2)CCO1. The molecule has 94 valence electrons. The highest BCUT2D eigenvalue weighted by molar-refractivity contribution is 7.19. The maximum atomic E-state index is 12.0. The van der Waals surface area contributed by atoms with Crippen LogP contribution in [0.4, 0.5) is 5.13 Å². The van der Waals surface area contributed by atoms with Crippen LogP contribution in [-0.2, 0) is 9.53 Å². The Labute approximate surface area is 109 Å². The van der Waals surface area contributed by atoms with Crippen LogP contribution >= 0.6 is 22.9 Å². The number of amides is 1. The molecule has 4 nitrogen and oxygen atoms in total. The van der Waals surface area contributed by atoms with Crippen molar-refractivity contribution in [3.05, 3.63) is 10.5 Å². The van der Waals surface area contributed by atoms with Gasteiger partial charge >= 0.3 is 0 Å². The van der Waals surface area contributed by atoms with Crippen LogP contribution in [0.1, 0.15) is 26.2 Å². The summed E-state index contributed by atoms with van der Waals surface area (Å²) in [6.07, 6.45) is 4.27. The number of rotatable bonds is 3. The topological polar surface area (TPSA) is 51.2 Å². The first-order valence-electron chi connectivity index (χ1n) is 5.72. The molecule has 17 heavy (non-hydrogen) atoms. The molecular formula is C11H15ClN2O2S. The number of carbonyl (C=O) groups excluding carboxylic acids is 1. The van der Waals surface area contributed by atoms with Crippen LogP contribution in [0.25, 0.3) is 0 Å². The van der Waals surface area contributed by atoms with Crippen LogP contribution in [0.3, 0.4) is 0 Å². The first kappa shape index (κ1) is 12.8. The van der Waals surface area contributed by atoms with Crippen molar-refractivity contribution in [3.8, 4) is 0 Å². The molecule has 1 fully saturated rings. The van der Waals surface area contributed by atoms with Gasteiger partial charge in [0.15, 0.2) is 5.13 Å². The number of carbonyl (C=O) groups is 1. The first-order valence-corrected chi connectivity index (χ1v) is 6.92. The molecular weight excluding hydrogens is 260 g/mol. The quantitative estimate of drug-likeness (QED) is 0.922. The van der Waals surface area contributed by atoms with Crippen molar-refractivity contribution in [1.82, 2.24) is 4.98 Å². The van der Waals surface area contributed by atoms with Gasteiger partial charge in [-0.25, -0.2) is 4.98 Å². The van der Waals surface area contributed by atoms with Crippen molar-refractivity contribution in [1.29, 1.82) is 0 Å². The van der Waals surface area contributed by atoms with Crippen LogP contribution in [-0.4, -0.2) is 23.6 Å². The van der Waals surface area contributed by atoms with E-state index in [1.54, 1.807) is 6.20 Å². The molecule has 1 aliphatic rings. The maximum absolute atomic E-state index is 12.0. The molecule has 6 heteroatoms. The summed E-state index contributed by atoms with van der Waals surface area (Å²) in [5.41, 5.74) is 0. The van der Waals surface area contributed by atoms with Gasteiger partial charge in [0.1, 0.15) is 4.34 Å². The molecule has 0 spiro atoms. The number of hydrogen-bond donors (Lipinski definition) is 1. The molecule has 2 heterocycles. The highest BCUT2D eigenvalue weighted by Crippen LogP contribution is 2.26. The number of hydrogen-bond acceptors (Lipinski definition) is 4. The largest absolute Gasteiger partial charge is 0.378 e. The second-order valence-corrected chi connectivity index (χ2v) is 5.74. The van der Waals surface area contributed by atoms with E-state index in [0.29, 0.717) is 16.1 Å². The van der Waals surface area contributed by atoms with E-state index < -0.39 is 0 Å². The van der Waals surface area contributed by atoms with Gasteiger partial charge in [-0.15, -0.1) is 0 Å². The summed E-state index contributed by atoms with van der Waals surface area (Å²) in [5, 5.41) is 3.37. The van der Waals surface area contributed by atoms with Gasteiger partial charge in [-0.1, -0.05) is 29.9 Å². The maximum Gasteiger partial charge on any atom is 0.229 e. The molecule has 1 aromatic heterocycles. The molecule has 0 bridgehead atoms. The molecule has 1 amide bonds. The predicted molar refractivity (Wildman–Crippen MR) is 68.5 cm³/mol. The van der Waals surface area contributed by atoms with Gasteiger partial charge in [0, 0.05) is 12.5 Å². The Morgan fingerprint density at radius 2 is 2.59 bits per heavy atom. The number of ether oxygens (including phenoxy) is 1. The molecule has 0 saturated carbocycles. The molecule has 1 aromatic rings. The molecule has 0 unspecified atom stereocenters. The van der Waals surface area contributed by atoms with Crippen molar-refractivity contribution in [2.45, 2.75) is 32.3 Å². The Hall–Kier alpha value is -0.650. The van der Waals surface area contributed by atoms with Crippen LogP contribution in [0.15, 0.2) is 6.20 Å². The highest BCUT2D eigenvalue weighted by atomic mass is 35.5. The zero-order chi connectivity index (χ0) is 12.3. The van der Waals surface area contributed by atoms with Gasteiger partial charge in [-0.3, -0.25) is 4.79 Å². The lowest BCUT2D eigenvalue weighted by Gasteiger charge is -2.27. The van der Waals surface area contributed by atoms with E-state index in [1.165, 1.54) is 11.3 Å². The Morgan fingerprint density at radius 3 is 3.24 bits per heavy atom. The van der Waals surface area contributed by atoms with Gasteiger partial charge in [-0.05, 0) is 19.3 Å². The van der Waals surface area contributed by atoms with E-state index in [4.69, 9.17) is 16.3 Å². The van der Waals surface area contributed by atoms with E-state index in [1.807, 2.05) is 0 Å². The summed E-state index contributed by atoms with van der Waals surface area (Å²) < 4.78 is 6.13. The Kier molecular flexibility index (Phi) is 4.36. The van der Waals surface area contributed by atoms with E-state index in [0.717, 1.165) is 19.3 Å². The second kappa shape index (κ2) is 5.80. The number of halogens is 1. The molecule has 2 rings (SSSR count). The van der Waals surface area contributed by atoms with Gasteiger partial charge in [0.05, 0.1) is 12.3 Å². The van der Waals surface area contributed by atoms with Gasteiger partial charge in [-0.2, -0.15) is 0 Å². The standard InChI is InChI=1S/C11H15ClN2O2S/c1-2-8-5-7(3-4-16-8)10(15)14-11-13-6-9(12)17-11/h6-8H,2-5H2,1H3,(H,13,14,15)/t7-,8+/m1/s1. The predicted octanol–water partition coefficient (Wildman–Crippen LogP) is 2.94. The van der Waals surface area contributed by atoms with Gasteiger partial charge in [0.2, 0.25) is 5.91 Å². The Balaban J connectivity index is 1.91. The minimum atomic E-state index is 0.0244. The number of aromatic nitrogens is 1. The lowest BCUT2D eigenvalue weighted by atomic mass is 9.94. The fourth-order valence-electron chi connectivity index (χ4n) is 1.92. The van der Waals surface area contributed by atoms with Crippen molar-refractivity contribution in [2.24, 2.45) is 5.92 Å². The summed E-state index contributed by atoms with van der Waals surface area (Å²) in [5.74, 6) is 0.0501. The van der Waals surface area contributed by atoms with E-state index in [-0.39, 0.29) is 17.9 Å². The lowest BCUT2D eigenvalue weighted by Crippen LogP contribution is -2.33. The van der Waals surface area contributed by atoms with Crippen LogP contribution in [0, 0.1) is 5.92 Å². The summed E-state index contributed by atoms with van der Waals surface area (Å²) in [6.45, 7) is 2.74. The van der Waals surface area contributed by atoms with Crippen LogP contribution in [0.5, 0.6) is 0 Å². The highest BCUT2D eigenvalue weighted by Gasteiger charge is 2.27. The van der Waals surface area contributed by atoms with E-state index >= 15 is 0 Å². The molecule has 0 aromatic carbocycles. The number of thiazole rings is 1. The average molecular weight is 275 g/mol. The van der Waals surface area contributed by atoms with Crippen molar-refractivity contribution in [3.63, 3.8) is 0 Å². The summed E-state index contributed by atoms with van der Waals surface area (Å²) in [6, 6.07) is 0. The fraction of sp³-hybridized carbons (Fsp3) is 0.636. The zero-order valence-electron chi connectivity index (χ0n) is 9.61. The minimum absolute atomic E-state index is 0.0244. The molecule has 0 radical (unpaired) electrons. The number of nitrogens with zero attached hydrogens (tertiary/aromatic N) is 1. The molecule has 1 N–H and O–H groups in total. The number of anilines is 1. The summed E-state index contributed by atoms with van der Waals surface area (Å²) in [7, 11) is 0. The van der Waals surface area contributed by atoms with Crippen molar-refractivity contribution in [2.75, 3.05) is 11.9 Å². The summed E-state index contributed by atoms with van der Waals surface area (Å²) in [4.78, 5) is 16.0. The average Bonchev–Trinajstić information content (AvgIpc) is 2.75. The lowest BCUT2D eigenvalue weighted by molar-refractivity contribution is -0.124. The third kappa shape index (κ3) is 3.40. The van der Waals surface area contributed by atoms with E-state index in [9.17, 15) is 4.79 Å². The first-order chi connectivity index (χ1) is 8.19. The minimum Gasteiger partial charge on any atom is -0.378 e. The summed E-state index contributed by atoms with van der Waals surface area (Å²) >= 11 is 7.04. The van der Waals surface area contributed by atoms with Crippen molar-refractivity contribution >= 4 is 34.0 Å².